The summed E-state index contributed by atoms with van der Waals surface area (Å²) in [6.07, 6.45) is 0. The molecule has 66 valence electrons. The van der Waals surface area contributed by atoms with Gasteiger partial charge in [0.05, 0.1) is 7.11 Å². The first-order valence-corrected chi connectivity index (χ1v) is 4.58. The van der Waals surface area contributed by atoms with Gasteiger partial charge in [0.1, 0.15) is 9.39 Å². The summed E-state index contributed by atoms with van der Waals surface area (Å²) in [6.45, 7) is 2.60. The van der Waals surface area contributed by atoms with Crippen molar-refractivity contribution in [1.29, 1.82) is 0 Å². The molecule has 0 saturated carbocycles. The molecule has 0 aromatic carbocycles. The molecule has 0 aliphatic heterocycles. The molecule has 1 aromatic heterocycles. The highest BCUT2D eigenvalue weighted by Gasteiger charge is 2.12. The van der Waals surface area contributed by atoms with Gasteiger partial charge in [-0.1, -0.05) is 0 Å². The molecule has 0 aliphatic carbocycles. The zero-order valence-electron chi connectivity index (χ0n) is 6.87. The van der Waals surface area contributed by atoms with Crippen LogP contribution in [0.1, 0.15) is 17.4 Å². The number of esters is 1. The zero-order chi connectivity index (χ0) is 9.14. The third-order valence-electron chi connectivity index (χ3n) is 1.44. The van der Waals surface area contributed by atoms with Gasteiger partial charge in [0.25, 0.3) is 0 Å². The number of hydrogen-bond donors (Lipinski definition) is 0. The molecule has 5 heteroatoms. The van der Waals surface area contributed by atoms with E-state index in [2.05, 4.69) is 32.4 Å². The third-order valence-corrected chi connectivity index (χ3v) is 1.97. The molecule has 0 unspecified atom stereocenters. The first kappa shape index (κ1) is 9.50. The van der Waals surface area contributed by atoms with Crippen molar-refractivity contribution < 1.29 is 9.53 Å². The summed E-state index contributed by atoms with van der Waals surface area (Å²) >= 11 is 2.06. The Labute approximate surface area is 84.0 Å². The van der Waals surface area contributed by atoms with Crippen LogP contribution in [0.4, 0.5) is 0 Å². The van der Waals surface area contributed by atoms with E-state index in [1.807, 2.05) is 6.92 Å². The standard InChI is InChI=1S/C7H9IN2O2/c1-3-10-5(7(11)12-2)4-6(8)9-10/h4H,3H2,1-2H3. The van der Waals surface area contributed by atoms with Crippen LogP contribution in [0.15, 0.2) is 6.07 Å². The summed E-state index contributed by atoms with van der Waals surface area (Å²) < 4.78 is 7.01. The summed E-state index contributed by atoms with van der Waals surface area (Å²) in [7, 11) is 1.36. The lowest BCUT2D eigenvalue weighted by atomic mass is 10.4. The molecule has 0 fully saturated rings. The van der Waals surface area contributed by atoms with E-state index >= 15 is 0 Å². The van der Waals surface area contributed by atoms with E-state index in [1.54, 1.807) is 10.7 Å². The minimum absolute atomic E-state index is 0.340. The fourth-order valence-corrected chi connectivity index (χ4v) is 1.45. The van der Waals surface area contributed by atoms with Gasteiger partial charge in [-0.3, -0.25) is 4.68 Å². The number of methoxy groups -OCH3 is 1. The summed E-state index contributed by atoms with van der Waals surface area (Å²) in [5.74, 6) is -0.340. The summed E-state index contributed by atoms with van der Waals surface area (Å²) in [4.78, 5) is 11.1. The van der Waals surface area contributed by atoms with Crippen LogP contribution in [0.5, 0.6) is 0 Å². The number of carbonyl (C=O) groups excluding carboxylic acids is 1. The molecular weight excluding hydrogens is 271 g/mol. The second-order valence-corrected chi connectivity index (χ2v) is 3.26. The van der Waals surface area contributed by atoms with Crippen molar-refractivity contribution >= 4 is 28.6 Å². The number of nitrogens with zero attached hydrogens (tertiary/aromatic N) is 2. The third kappa shape index (κ3) is 1.77. The molecule has 0 atom stereocenters. The molecule has 1 aromatic rings. The van der Waals surface area contributed by atoms with E-state index in [1.165, 1.54) is 7.11 Å². The second kappa shape index (κ2) is 3.88. The van der Waals surface area contributed by atoms with Gasteiger partial charge in [0, 0.05) is 12.6 Å². The smallest absolute Gasteiger partial charge is 0.356 e. The van der Waals surface area contributed by atoms with Crippen molar-refractivity contribution in [1.82, 2.24) is 9.78 Å². The second-order valence-electron chi connectivity index (χ2n) is 2.16. The van der Waals surface area contributed by atoms with Crippen LogP contribution in [0.25, 0.3) is 0 Å². The molecule has 0 saturated heterocycles. The van der Waals surface area contributed by atoms with Crippen molar-refractivity contribution in [3.8, 4) is 0 Å². The van der Waals surface area contributed by atoms with E-state index in [0.717, 1.165) is 3.70 Å². The number of rotatable bonds is 2. The Balaban J connectivity index is 3.04. The molecule has 1 rings (SSSR count). The molecule has 0 N–H and O–H groups in total. The van der Waals surface area contributed by atoms with Crippen molar-refractivity contribution in [3.05, 3.63) is 15.5 Å². The first-order chi connectivity index (χ1) is 5.69. The lowest BCUT2D eigenvalue weighted by molar-refractivity contribution is 0.0587. The van der Waals surface area contributed by atoms with Gasteiger partial charge in [-0.2, -0.15) is 5.10 Å². The Morgan fingerprint density at radius 1 is 1.83 bits per heavy atom. The Morgan fingerprint density at radius 2 is 2.50 bits per heavy atom. The van der Waals surface area contributed by atoms with Crippen LogP contribution < -0.4 is 0 Å². The monoisotopic (exact) mass is 280 g/mol. The minimum atomic E-state index is -0.340. The minimum Gasteiger partial charge on any atom is -0.464 e. The fourth-order valence-electron chi connectivity index (χ4n) is 0.895. The van der Waals surface area contributed by atoms with Crippen molar-refractivity contribution in [2.45, 2.75) is 13.5 Å². The highest BCUT2D eigenvalue weighted by Crippen LogP contribution is 2.07. The maximum atomic E-state index is 11.1. The van der Waals surface area contributed by atoms with E-state index in [9.17, 15) is 4.79 Å². The number of ether oxygens (including phenoxy) is 1. The largest absolute Gasteiger partial charge is 0.464 e. The average molecular weight is 280 g/mol. The van der Waals surface area contributed by atoms with Crippen LogP contribution in [-0.2, 0) is 11.3 Å². The highest BCUT2D eigenvalue weighted by atomic mass is 127. The van der Waals surface area contributed by atoms with Crippen molar-refractivity contribution in [3.63, 3.8) is 0 Å². The van der Waals surface area contributed by atoms with E-state index in [4.69, 9.17) is 0 Å². The Morgan fingerprint density at radius 3 is 3.00 bits per heavy atom. The van der Waals surface area contributed by atoms with Crippen LogP contribution in [-0.4, -0.2) is 22.9 Å². The maximum absolute atomic E-state index is 11.1. The van der Waals surface area contributed by atoms with Crippen LogP contribution in [0, 0.1) is 3.70 Å². The average Bonchev–Trinajstić information content (AvgIpc) is 2.45. The van der Waals surface area contributed by atoms with Gasteiger partial charge < -0.3 is 4.74 Å². The number of aromatic nitrogens is 2. The number of carbonyl (C=O) groups is 1. The number of aryl methyl sites for hydroxylation is 1. The van der Waals surface area contributed by atoms with Gasteiger partial charge in [0.2, 0.25) is 0 Å². The molecule has 0 spiro atoms. The molecule has 0 aliphatic rings. The van der Waals surface area contributed by atoms with Gasteiger partial charge >= 0.3 is 5.97 Å². The molecule has 1 heterocycles. The van der Waals surface area contributed by atoms with E-state index in [0.29, 0.717) is 12.2 Å². The predicted molar refractivity (Wildman–Crippen MR) is 52.0 cm³/mol. The van der Waals surface area contributed by atoms with Gasteiger partial charge in [-0.05, 0) is 29.5 Å². The highest BCUT2D eigenvalue weighted by molar-refractivity contribution is 14.1. The number of hydrogen-bond acceptors (Lipinski definition) is 3. The van der Waals surface area contributed by atoms with Crippen LogP contribution >= 0.6 is 22.6 Å². The Kier molecular flexibility index (Phi) is 3.07. The molecule has 0 amide bonds. The molecule has 0 bridgehead atoms. The van der Waals surface area contributed by atoms with Crippen molar-refractivity contribution in [2.75, 3.05) is 7.11 Å². The van der Waals surface area contributed by atoms with E-state index < -0.39 is 0 Å². The quantitative estimate of drug-likeness (QED) is 0.605. The summed E-state index contributed by atoms with van der Waals surface area (Å²) in [5.41, 5.74) is 0.504. The Hall–Kier alpha value is -0.590. The van der Waals surface area contributed by atoms with Crippen molar-refractivity contribution in [2.24, 2.45) is 0 Å². The predicted octanol–water partition coefficient (Wildman–Crippen LogP) is 1.29. The fraction of sp³-hybridized carbons (Fsp3) is 0.429. The van der Waals surface area contributed by atoms with Gasteiger partial charge in [0.15, 0.2) is 0 Å². The lowest BCUT2D eigenvalue weighted by Gasteiger charge is -2.00. The maximum Gasteiger partial charge on any atom is 0.356 e. The first-order valence-electron chi connectivity index (χ1n) is 3.50. The molecule has 4 nitrogen and oxygen atoms in total. The SMILES string of the molecule is CCn1nc(I)cc1C(=O)OC. The number of halogens is 1. The Bertz CT molecular complexity index is 296. The zero-order valence-corrected chi connectivity index (χ0v) is 9.03. The molecule has 12 heavy (non-hydrogen) atoms. The lowest BCUT2D eigenvalue weighted by Crippen LogP contribution is -2.10. The molecular formula is C7H9IN2O2. The van der Waals surface area contributed by atoms with Gasteiger partial charge in [-0.15, -0.1) is 0 Å². The topological polar surface area (TPSA) is 44.1 Å². The van der Waals surface area contributed by atoms with Gasteiger partial charge in [-0.25, -0.2) is 4.79 Å². The molecule has 0 radical (unpaired) electrons. The summed E-state index contributed by atoms with van der Waals surface area (Å²) in [6, 6.07) is 1.70. The normalized spacial score (nSPS) is 9.92. The van der Waals surface area contributed by atoms with E-state index in [-0.39, 0.29) is 5.97 Å². The van der Waals surface area contributed by atoms with Crippen LogP contribution in [0.2, 0.25) is 0 Å². The van der Waals surface area contributed by atoms with Crippen LogP contribution in [0.3, 0.4) is 0 Å². The summed E-state index contributed by atoms with van der Waals surface area (Å²) in [5, 5.41) is 4.10.